The Hall–Kier alpha value is -2.70. The van der Waals surface area contributed by atoms with Gasteiger partial charge in [0, 0.05) is 11.1 Å². The van der Waals surface area contributed by atoms with Crippen LogP contribution in [0, 0.1) is 31.6 Å². The van der Waals surface area contributed by atoms with E-state index in [1.165, 1.54) is 0 Å². The number of hydrogen-bond acceptors (Lipinski definition) is 4. The Bertz CT molecular complexity index is 1120. The molecule has 0 spiro atoms. The average molecular weight is 455 g/mol. The quantitative estimate of drug-likeness (QED) is 0.658. The highest BCUT2D eigenvalue weighted by molar-refractivity contribution is 6.32. The van der Waals surface area contributed by atoms with E-state index < -0.39 is 41.2 Å². The van der Waals surface area contributed by atoms with Crippen molar-refractivity contribution in [3.8, 4) is 0 Å². The highest BCUT2D eigenvalue weighted by Gasteiger charge is 2.70. The van der Waals surface area contributed by atoms with E-state index >= 15 is 0 Å². The summed E-state index contributed by atoms with van der Waals surface area (Å²) in [5.74, 6) is -4.22. The lowest BCUT2D eigenvalue weighted by molar-refractivity contribution is -0.151. The second-order valence-electron chi connectivity index (χ2n) is 8.91. The minimum absolute atomic E-state index is 0.372. The molecule has 32 heavy (non-hydrogen) atoms. The number of benzene rings is 2. The van der Waals surface area contributed by atoms with E-state index in [2.05, 4.69) is 5.32 Å². The summed E-state index contributed by atoms with van der Waals surface area (Å²) < 4.78 is 0. The van der Waals surface area contributed by atoms with Gasteiger partial charge in [-0.2, -0.15) is 0 Å². The molecule has 5 unspecified atom stereocenters. The van der Waals surface area contributed by atoms with Gasteiger partial charge >= 0.3 is 5.97 Å². The molecule has 168 valence electrons. The molecule has 0 bridgehead atoms. The molecule has 4 rings (SSSR count). The van der Waals surface area contributed by atoms with Crippen LogP contribution < -0.4 is 10.2 Å². The molecule has 2 aliphatic rings. The zero-order chi connectivity index (χ0) is 23.4. The van der Waals surface area contributed by atoms with Gasteiger partial charge in [-0.1, -0.05) is 62.2 Å². The van der Waals surface area contributed by atoms with E-state index in [9.17, 15) is 19.5 Å². The molecule has 2 aliphatic heterocycles. The molecule has 2 heterocycles. The van der Waals surface area contributed by atoms with Crippen molar-refractivity contribution >= 4 is 35.1 Å². The molecule has 2 aromatic carbocycles. The second kappa shape index (κ2) is 8.01. The first-order chi connectivity index (χ1) is 15.1. The molecule has 2 saturated heterocycles. The summed E-state index contributed by atoms with van der Waals surface area (Å²) in [6, 6.07) is 12.0. The number of fused-ring (bicyclic) bond motifs is 1. The largest absolute Gasteiger partial charge is 0.480 e. The van der Waals surface area contributed by atoms with E-state index in [1.807, 2.05) is 52.0 Å². The lowest BCUT2D eigenvalue weighted by atomic mass is 9.72. The molecule has 2 aromatic rings. The van der Waals surface area contributed by atoms with E-state index in [4.69, 9.17) is 11.6 Å². The minimum Gasteiger partial charge on any atom is -0.480 e. The van der Waals surface area contributed by atoms with Crippen LogP contribution in [0.5, 0.6) is 0 Å². The molecule has 0 saturated carbocycles. The van der Waals surface area contributed by atoms with Gasteiger partial charge in [-0.3, -0.25) is 19.7 Å². The van der Waals surface area contributed by atoms with E-state index in [0.717, 1.165) is 21.6 Å². The number of hydrogen-bond donors (Lipinski definition) is 2. The van der Waals surface area contributed by atoms with Crippen molar-refractivity contribution in [2.75, 3.05) is 4.90 Å². The summed E-state index contributed by atoms with van der Waals surface area (Å²) in [5.41, 5.74) is 1.41. The third-order valence-corrected chi connectivity index (χ3v) is 7.68. The predicted octanol–water partition coefficient (Wildman–Crippen LogP) is 4.28. The third kappa shape index (κ3) is 3.08. The number of imide groups is 1. The Morgan fingerprint density at radius 2 is 1.84 bits per heavy atom. The molecule has 2 amide bonds. The van der Waals surface area contributed by atoms with Gasteiger partial charge in [0.1, 0.15) is 5.54 Å². The Morgan fingerprint density at radius 1 is 1.16 bits per heavy atom. The van der Waals surface area contributed by atoms with Gasteiger partial charge in [0.2, 0.25) is 11.8 Å². The number of anilines is 1. The molecule has 5 atom stereocenters. The van der Waals surface area contributed by atoms with Crippen LogP contribution in [0.15, 0.2) is 42.5 Å². The number of carboxylic acids is 1. The first-order valence-electron chi connectivity index (χ1n) is 10.9. The number of carboxylic acid groups (broad SMARTS) is 1. The fraction of sp³-hybridized carbons (Fsp3) is 0.400. The molecule has 0 aliphatic carbocycles. The number of carbonyl (C=O) groups is 3. The third-order valence-electron chi connectivity index (χ3n) is 7.28. The monoisotopic (exact) mass is 454 g/mol. The molecule has 2 N–H and O–H groups in total. The molecule has 0 aromatic heterocycles. The summed E-state index contributed by atoms with van der Waals surface area (Å²) in [7, 11) is 0. The molecule has 2 fully saturated rings. The van der Waals surface area contributed by atoms with Crippen molar-refractivity contribution in [1.82, 2.24) is 5.32 Å². The normalized spacial score (nSPS) is 28.2. The Kier molecular flexibility index (Phi) is 5.63. The van der Waals surface area contributed by atoms with Crippen molar-refractivity contribution in [2.24, 2.45) is 17.8 Å². The van der Waals surface area contributed by atoms with Crippen LogP contribution in [0.3, 0.4) is 0 Å². The number of carbonyl (C=O) groups excluding carboxylic acids is 2. The number of rotatable bonds is 5. The van der Waals surface area contributed by atoms with Crippen LogP contribution in [0.2, 0.25) is 5.02 Å². The standard InChI is InChI=1S/C25H27ClN2O4/c1-5-15(4)25(24(31)32)20-19(21(27-25)17-9-7-6-8-13(17)2)22(29)28(23(20)30)16-11-10-14(3)18(26)12-16/h6-12,15,19-21,27H,5H2,1-4H3,(H,31,32). The van der Waals surface area contributed by atoms with Crippen molar-refractivity contribution in [1.29, 1.82) is 0 Å². The topological polar surface area (TPSA) is 86.7 Å². The van der Waals surface area contributed by atoms with Crippen LogP contribution in [0.4, 0.5) is 5.69 Å². The SMILES string of the molecule is CCC(C)C1(C(=O)O)NC(c2ccccc2C)C2C(=O)N(c3ccc(C)c(Cl)c3)C(=O)C21. The van der Waals surface area contributed by atoms with Crippen molar-refractivity contribution in [3.63, 3.8) is 0 Å². The summed E-state index contributed by atoms with van der Waals surface area (Å²) in [6.07, 6.45) is 0.543. The zero-order valence-electron chi connectivity index (χ0n) is 18.6. The van der Waals surface area contributed by atoms with E-state index in [1.54, 1.807) is 18.2 Å². The highest BCUT2D eigenvalue weighted by Crippen LogP contribution is 2.53. The van der Waals surface area contributed by atoms with Crippen LogP contribution in [0.25, 0.3) is 0 Å². The molecule has 6 nitrogen and oxygen atoms in total. The predicted molar refractivity (Wildman–Crippen MR) is 123 cm³/mol. The average Bonchev–Trinajstić information content (AvgIpc) is 3.25. The molecule has 0 radical (unpaired) electrons. The molecule has 7 heteroatoms. The Balaban J connectivity index is 1.91. The summed E-state index contributed by atoms with van der Waals surface area (Å²) in [5, 5.41) is 14.1. The van der Waals surface area contributed by atoms with Crippen molar-refractivity contribution in [3.05, 3.63) is 64.2 Å². The zero-order valence-corrected chi connectivity index (χ0v) is 19.3. The van der Waals surface area contributed by atoms with Crippen LogP contribution in [-0.2, 0) is 14.4 Å². The summed E-state index contributed by atoms with van der Waals surface area (Å²) in [4.78, 5) is 41.4. The fourth-order valence-electron chi connectivity index (χ4n) is 5.30. The van der Waals surface area contributed by atoms with Gasteiger partial charge in [0.25, 0.3) is 0 Å². The number of nitrogens with zero attached hydrogens (tertiary/aromatic N) is 1. The van der Waals surface area contributed by atoms with Crippen molar-refractivity contribution in [2.45, 2.75) is 45.7 Å². The first-order valence-corrected chi connectivity index (χ1v) is 11.2. The first kappa shape index (κ1) is 22.5. The molecular formula is C25H27ClN2O4. The van der Waals surface area contributed by atoms with Gasteiger partial charge < -0.3 is 5.11 Å². The van der Waals surface area contributed by atoms with Gasteiger partial charge in [-0.15, -0.1) is 0 Å². The summed E-state index contributed by atoms with van der Waals surface area (Å²) in [6.45, 7) is 7.48. The van der Waals surface area contributed by atoms with Gasteiger partial charge in [-0.25, -0.2) is 4.90 Å². The van der Waals surface area contributed by atoms with Crippen molar-refractivity contribution < 1.29 is 19.5 Å². The number of aliphatic carboxylic acids is 1. The maximum Gasteiger partial charge on any atom is 0.325 e. The lowest BCUT2D eigenvalue weighted by Crippen LogP contribution is -2.59. The highest BCUT2D eigenvalue weighted by atomic mass is 35.5. The van der Waals surface area contributed by atoms with E-state index in [-0.39, 0.29) is 5.92 Å². The molecular weight excluding hydrogens is 428 g/mol. The fourth-order valence-corrected chi connectivity index (χ4v) is 5.48. The van der Waals surface area contributed by atoms with Crippen LogP contribution in [-0.4, -0.2) is 28.4 Å². The number of amides is 2. The maximum atomic E-state index is 13.8. The van der Waals surface area contributed by atoms with Gasteiger partial charge in [-0.05, 0) is 48.6 Å². The maximum absolute atomic E-state index is 13.8. The smallest absolute Gasteiger partial charge is 0.325 e. The number of nitrogens with one attached hydrogen (secondary N) is 1. The second-order valence-corrected chi connectivity index (χ2v) is 9.32. The minimum atomic E-state index is -1.55. The lowest BCUT2D eigenvalue weighted by Gasteiger charge is -2.36. The van der Waals surface area contributed by atoms with Gasteiger partial charge in [0.05, 0.1) is 17.5 Å². The van der Waals surface area contributed by atoms with Crippen LogP contribution in [0.1, 0.15) is 43.0 Å². The Labute approximate surface area is 192 Å². The number of halogens is 1. The number of aryl methyl sites for hydroxylation is 2. The Morgan fingerprint density at radius 3 is 2.44 bits per heavy atom. The van der Waals surface area contributed by atoms with Crippen LogP contribution >= 0.6 is 11.6 Å². The summed E-state index contributed by atoms with van der Waals surface area (Å²) >= 11 is 6.28. The van der Waals surface area contributed by atoms with Gasteiger partial charge in [0.15, 0.2) is 0 Å². The van der Waals surface area contributed by atoms with E-state index in [0.29, 0.717) is 17.1 Å².